The van der Waals surface area contributed by atoms with Gasteiger partial charge in [0.1, 0.15) is 11.0 Å². The summed E-state index contributed by atoms with van der Waals surface area (Å²) in [6.45, 7) is 1.56. The lowest BCUT2D eigenvalue weighted by Crippen LogP contribution is -2.40. The van der Waals surface area contributed by atoms with E-state index in [4.69, 9.17) is 22.6 Å². The van der Waals surface area contributed by atoms with Gasteiger partial charge in [0.2, 0.25) is 0 Å². The first-order valence-corrected chi connectivity index (χ1v) is 7.06. The van der Waals surface area contributed by atoms with Crippen molar-refractivity contribution in [1.29, 1.82) is 0 Å². The number of anilines is 1. The minimum atomic E-state index is -0.0755. The predicted octanol–water partition coefficient (Wildman–Crippen LogP) is 1.26. The smallest absolute Gasteiger partial charge is 0.254 e. The van der Waals surface area contributed by atoms with Crippen LogP contribution < -0.4 is 11.3 Å². The summed E-state index contributed by atoms with van der Waals surface area (Å²) in [6.07, 6.45) is 2.74. The van der Waals surface area contributed by atoms with E-state index in [1.54, 1.807) is 17.0 Å². The molecule has 6 nitrogen and oxygen atoms in total. The van der Waals surface area contributed by atoms with Gasteiger partial charge in [0.25, 0.3) is 5.91 Å². The highest BCUT2D eigenvalue weighted by atomic mass is 35.5. The van der Waals surface area contributed by atoms with Gasteiger partial charge in [-0.2, -0.15) is 0 Å². The number of hydrazine groups is 1. The molecule has 0 aromatic carbocycles. The average Bonchev–Trinajstić information content (AvgIpc) is 2.46. The quantitative estimate of drug-likeness (QED) is 0.442. The van der Waals surface area contributed by atoms with E-state index >= 15 is 0 Å². The molecule has 2 rings (SSSR count). The fourth-order valence-corrected chi connectivity index (χ4v) is 2.75. The van der Waals surface area contributed by atoms with Crippen molar-refractivity contribution < 1.29 is 9.90 Å². The Morgan fingerprint density at radius 1 is 1.60 bits per heavy atom. The van der Waals surface area contributed by atoms with E-state index in [-0.39, 0.29) is 17.7 Å². The number of piperidine rings is 1. The first-order valence-electron chi connectivity index (χ1n) is 6.68. The molecule has 1 aliphatic rings. The number of halogens is 1. The summed E-state index contributed by atoms with van der Waals surface area (Å²) in [4.78, 5) is 18.2. The number of carbonyl (C=O) groups excluding carboxylic acids is 1. The molecule has 1 aliphatic heterocycles. The molecule has 4 N–H and O–H groups in total. The lowest BCUT2D eigenvalue weighted by Gasteiger charge is -2.32. The summed E-state index contributed by atoms with van der Waals surface area (Å²) in [6, 6.07) is 3.13. The molecular formula is C13H19ClN4O2. The number of hydrogen-bond donors (Lipinski definition) is 3. The highest BCUT2D eigenvalue weighted by Gasteiger charge is 2.24. The Morgan fingerprint density at radius 3 is 3.10 bits per heavy atom. The summed E-state index contributed by atoms with van der Waals surface area (Å²) in [7, 11) is 0. The highest BCUT2D eigenvalue weighted by Crippen LogP contribution is 2.22. The van der Waals surface area contributed by atoms with Crippen LogP contribution >= 0.6 is 11.6 Å². The third kappa shape index (κ3) is 3.59. The number of hydrogen-bond acceptors (Lipinski definition) is 5. The Hall–Kier alpha value is -1.37. The largest absolute Gasteiger partial charge is 0.396 e. The summed E-state index contributed by atoms with van der Waals surface area (Å²) >= 11 is 5.88. The lowest BCUT2D eigenvalue weighted by atomic mass is 9.95. The maximum Gasteiger partial charge on any atom is 0.254 e. The normalized spacial score (nSPS) is 18.9. The first kappa shape index (κ1) is 15.0. The summed E-state index contributed by atoms with van der Waals surface area (Å²) in [5, 5.41) is 9.24. The number of aliphatic hydroxyl groups excluding tert-OH is 1. The van der Waals surface area contributed by atoms with Gasteiger partial charge in [0, 0.05) is 25.3 Å². The second kappa shape index (κ2) is 6.88. The number of aromatic nitrogens is 1. The van der Waals surface area contributed by atoms with E-state index in [9.17, 15) is 4.79 Å². The molecule has 1 amide bonds. The number of nitrogens with two attached hydrogens (primary N) is 1. The van der Waals surface area contributed by atoms with Crippen molar-refractivity contribution in [2.24, 2.45) is 11.8 Å². The van der Waals surface area contributed by atoms with Gasteiger partial charge in [-0.1, -0.05) is 11.6 Å². The fraction of sp³-hybridized carbons (Fsp3) is 0.538. The molecule has 0 saturated carbocycles. The number of nitrogens with zero attached hydrogens (tertiary/aromatic N) is 2. The van der Waals surface area contributed by atoms with Crippen LogP contribution in [-0.4, -0.2) is 40.6 Å². The molecule has 1 unspecified atom stereocenters. The maximum absolute atomic E-state index is 12.5. The van der Waals surface area contributed by atoms with E-state index in [2.05, 4.69) is 10.4 Å². The van der Waals surface area contributed by atoms with Gasteiger partial charge in [-0.3, -0.25) is 4.79 Å². The Bertz CT molecular complexity index is 481. The highest BCUT2D eigenvalue weighted by molar-refractivity contribution is 6.29. The van der Waals surface area contributed by atoms with Crippen LogP contribution in [0.4, 0.5) is 5.82 Å². The number of nitrogens with one attached hydrogen (secondary N) is 1. The number of carbonyl (C=O) groups is 1. The summed E-state index contributed by atoms with van der Waals surface area (Å²) in [5.74, 6) is 5.96. The number of nitrogen functional groups attached to an aromatic ring is 1. The second-order valence-electron chi connectivity index (χ2n) is 4.98. The molecule has 110 valence electrons. The van der Waals surface area contributed by atoms with Crippen molar-refractivity contribution in [3.05, 3.63) is 22.8 Å². The van der Waals surface area contributed by atoms with Gasteiger partial charge in [0.15, 0.2) is 0 Å². The minimum absolute atomic E-state index is 0.0755. The molecule has 7 heteroatoms. The van der Waals surface area contributed by atoms with Gasteiger partial charge >= 0.3 is 0 Å². The van der Waals surface area contributed by atoms with E-state index < -0.39 is 0 Å². The van der Waals surface area contributed by atoms with Crippen LogP contribution in [-0.2, 0) is 0 Å². The van der Waals surface area contributed by atoms with Gasteiger partial charge in [-0.25, -0.2) is 10.8 Å². The van der Waals surface area contributed by atoms with Crippen molar-refractivity contribution in [3.8, 4) is 0 Å². The number of likely N-dealkylation sites (tertiary alicyclic amines) is 1. The van der Waals surface area contributed by atoms with Gasteiger partial charge in [0.05, 0.1) is 0 Å². The zero-order chi connectivity index (χ0) is 14.5. The van der Waals surface area contributed by atoms with E-state index in [0.717, 1.165) is 25.8 Å². The van der Waals surface area contributed by atoms with E-state index in [1.807, 2.05) is 0 Å². The van der Waals surface area contributed by atoms with Crippen LogP contribution in [0, 0.1) is 5.92 Å². The van der Waals surface area contributed by atoms with Gasteiger partial charge in [-0.05, 0) is 37.3 Å². The number of aliphatic hydroxyl groups is 1. The molecule has 0 aliphatic carbocycles. The SMILES string of the molecule is NNc1cc(C(=O)N2CCCC(CCO)C2)cc(Cl)n1. The number of pyridine rings is 1. The van der Waals surface area contributed by atoms with Crippen molar-refractivity contribution >= 4 is 23.3 Å². The topological polar surface area (TPSA) is 91.5 Å². The van der Waals surface area contributed by atoms with Crippen LogP contribution in [0.5, 0.6) is 0 Å². The molecule has 1 aromatic heterocycles. The summed E-state index contributed by atoms with van der Waals surface area (Å²) in [5.41, 5.74) is 2.87. The Kier molecular flexibility index (Phi) is 5.17. The monoisotopic (exact) mass is 298 g/mol. The molecule has 1 aromatic rings. The third-order valence-corrected chi connectivity index (χ3v) is 3.73. The molecule has 1 saturated heterocycles. The molecule has 1 fully saturated rings. The third-order valence-electron chi connectivity index (χ3n) is 3.53. The average molecular weight is 299 g/mol. The van der Waals surface area contributed by atoms with E-state index in [0.29, 0.717) is 23.8 Å². The predicted molar refractivity (Wildman–Crippen MR) is 77.4 cm³/mol. The molecule has 0 spiro atoms. The maximum atomic E-state index is 12.5. The number of rotatable bonds is 4. The Morgan fingerprint density at radius 2 is 2.40 bits per heavy atom. The van der Waals surface area contributed by atoms with Crippen molar-refractivity contribution in [2.75, 3.05) is 25.1 Å². The Balaban J connectivity index is 2.12. The molecule has 2 heterocycles. The minimum Gasteiger partial charge on any atom is -0.396 e. The second-order valence-corrected chi connectivity index (χ2v) is 5.37. The van der Waals surface area contributed by atoms with Crippen molar-refractivity contribution in [3.63, 3.8) is 0 Å². The van der Waals surface area contributed by atoms with Crippen LogP contribution in [0.1, 0.15) is 29.6 Å². The van der Waals surface area contributed by atoms with E-state index in [1.165, 1.54) is 0 Å². The van der Waals surface area contributed by atoms with Crippen LogP contribution in [0.3, 0.4) is 0 Å². The molecule has 0 radical (unpaired) electrons. The van der Waals surface area contributed by atoms with Crippen LogP contribution in [0.25, 0.3) is 0 Å². The first-order chi connectivity index (χ1) is 9.63. The van der Waals surface area contributed by atoms with Crippen molar-refractivity contribution in [1.82, 2.24) is 9.88 Å². The standard InChI is InChI=1S/C13H19ClN4O2/c14-11-6-10(7-12(16-11)17-15)13(20)18-4-1-2-9(8-18)3-5-19/h6-7,9,19H,1-5,8,15H2,(H,16,17). The molecular weight excluding hydrogens is 280 g/mol. The van der Waals surface area contributed by atoms with Gasteiger partial charge in [-0.15, -0.1) is 0 Å². The Labute approximate surface area is 122 Å². The molecule has 1 atom stereocenters. The van der Waals surface area contributed by atoms with Crippen LogP contribution in [0.2, 0.25) is 5.15 Å². The lowest BCUT2D eigenvalue weighted by molar-refractivity contribution is 0.0653. The zero-order valence-corrected chi connectivity index (χ0v) is 11.9. The molecule has 0 bridgehead atoms. The van der Waals surface area contributed by atoms with Gasteiger partial charge < -0.3 is 15.4 Å². The van der Waals surface area contributed by atoms with Crippen LogP contribution in [0.15, 0.2) is 12.1 Å². The number of amides is 1. The zero-order valence-electron chi connectivity index (χ0n) is 11.2. The molecule has 20 heavy (non-hydrogen) atoms. The van der Waals surface area contributed by atoms with Crippen molar-refractivity contribution in [2.45, 2.75) is 19.3 Å². The fourth-order valence-electron chi connectivity index (χ4n) is 2.54. The summed E-state index contributed by atoms with van der Waals surface area (Å²) < 4.78 is 0.